The first-order valence-electron chi connectivity index (χ1n) is 3.98. The molecule has 0 rings (SSSR count). The third-order valence-electron chi connectivity index (χ3n) is 1.34. The van der Waals surface area contributed by atoms with Gasteiger partial charge in [0.05, 0.1) is 0 Å². The summed E-state index contributed by atoms with van der Waals surface area (Å²) in [5, 5.41) is 0. The van der Waals surface area contributed by atoms with Gasteiger partial charge in [-0.15, -0.1) is 0 Å². The van der Waals surface area contributed by atoms with E-state index in [1.807, 2.05) is 6.92 Å². The molecule has 0 bridgehead atoms. The number of hydrogen-bond donors (Lipinski definition) is 0. The summed E-state index contributed by atoms with van der Waals surface area (Å²) >= 11 is 0. The van der Waals surface area contributed by atoms with Gasteiger partial charge in [-0.25, -0.2) is 0 Å². The van der Waals surface area contributed by atoms with Gasteiger partial charge >= 0.3 is 0 Å². The second-order valence-corrected chi connectivity index (χ2v) is 2.83. The summed E-state index contributed by atoms with van der Waals surface area (Å²) < 4.78 is 10.2. The van der Waals surface area contributed by atoms with E-state index in [2.05, 4.69) is 0 Å². The number of rotatable bonds is 7. The van der Waals surface area contributed by atoms with Gasteiger partial charge in [0.1, 0.15) is 10.5 Å². The molecule has 62 valence electrons. The molecular formula is C7H18O2Si. The Morgan fingerprint density at radius 2 is 1.80 bits per heavy atom. The molecule has 0 aromatic rings. The van der Waals surface area contributed by atoms with Crippen LogP contribution in [0.15, 0.2) is 0 Å². The van der Waals surface area contributed by atoms with E-state index in [-0.39, 0.29) is 0 Å². The van der Waals surface area contributed by atoms with Crippen molar-refractivity contribution in [3.8, 4) is 0 Å². The normalized spacial score (nSPS) is 10.5. The van der Waals surface area contributed by atoms with Crippen LogP contribution in [0.4, 0.5) is 0 Å². The second-order valence-electron chi connectivity index (χ2n) is 2.25. The summed E-state index contributed by atoms with van der Waals surface area (Å²) in [6.45, 7) is 4.73. The second kappa shape index (κ2) is 9.14. The van der Waals surface area contributed by atoms with Crippen LogP contribution in [0.1, 0.15) is 26.2 Å². The predicted octanol–water partition coefficient (Wildman–Crippen LogP) is 0.490. The van der Waals surface area contributed by atoms with Crippen molar-refractivity contribution in [1.82, 2.24) is 0 Å². The van der Waals surface area contributed by atoms with Crippen LogP contribution in [0.3, 0.4) is 0 Å². The lowest BCUT2D eigenvalue weighted by Crippen LogP contribution is -1.95. The topological polar surface area (TPSA) is 18.5 Å². The van der Waals surface area contributed by atoms with Crippen molar-refractivity contribution < 1.29 is 9.16 Å². The Morgan fingerprint density at radius 1 is 1.10 bits per heavy atom. The molecule has 0 aliphatic heterocycles. The Bertz CT molecular complexity index is 51.6. The molecule has 0 aliphatic carbocycles. The summed E-state index contributed by atoms with van der Waals surface area (Å²) in [6, 6.07) is 0. The van der Waals surface area contributed by atoms with Gasteiger partial charge in [-0.05, 0) is 26.2 Å². The molecule has 0 spiro atoms. The van der Waals surface area contributed by atoms with Crippen LogP contribution in [-0.4, -0.2) is 30.3 Å². The highest BCUT2D eigenvalue weighted by molar-refractivity contribution is 5.97. The van der Waals surface area contributed by atoms with Gasteiger partial charge in [-0.3, -0.25) is 0 Å². The van der Waals surface area contributed by atoms with Crippen molar-refractivity contribution in [2.75, 3.05) is 19.8 Å². The number of hydrogen-bond acceptors (Lipinski definition) is 2. The predicted molar refractivity (Wildman–Crippen MR) is 46.2 cm³/mol. The van der Waals surface area contributed by atoms with Crippen molar-refractivity contribution in [2.24, 2.45) is 0 Å². The monoisotopic (exact) mass is 162 g/mol. The maximum absolute atomic E-state index is 5.18. The lowest BCUT2D eigenvalue weighted by Gasteiger charge is -2.00. The van der Waals surface area contributed by atoms with E-state index in [1.54, 1.807) is 0 Å². The van der Waals surface area contributed by atoms with E-state index in [4.69, 9.17) is 9.16 Å². The van der Waals surface area contributed by atoms with Crippen LogP contribution < -0.4 is 0 Å². The summed E-state index contributed by atoms with van der Waals surface area (Å²) in [6.07, 6.45) is 3.61. The zero-order valence-electron chi connectivity index (χ0n) is 7.06. The average Bonchev–Trinajstić information content (AvgIpc) is 1.97. The van der Waals surface area contributed by atoms with Crippen molar-refractivity contribution in [2.45, 2.75) is 26.2 Å². The Labute approximate surface area is 66.5 Å². The molecule has 0 aromatic heterocycles. The third-order valence-corrected chi connectivity index (χ3v) is 1.75. The minimum absolute atomic E-state index is 0.844. The first-order valence-corrected chi connectivity index (χ1v) is 4.80. The Morgan fingerprint density at radius 3 is 2.40 bits per heavy atom. The Balaban J connectivity index is 2.65. The molecule has 0 aromatic carbocycles. The van der Waals surface area contributed by atoms with Crippen LogP contribution in [0.25, 0.3) is 0 Å². The van der Waals surface area contributed by atoms with E-state index in [0.29, 0.717) is 0 Å². The van der Waals surface area contributed by atoms with Crippen LogP contribution >= 0.6 is 0 Å². The molecule has 3 heteroatoms. The maximum atomic E-state index is 5.18. The van der Waals surface area contributed by atoms with Crippen LogP contribution in [-0.2, 0) is 9.16 Å². The largest absolute Gasteiger partial charge is 0.428 e. The average molecular weight is 162 g/mol. The number of ether oxygens (including phenoxy) is 1. The van der Waals surface area contributed by atoms with Gasteiger partial charge < -0.3 is 9.16 Å². The molecule has 2 nitrogen and oxygen atoms in total. The van der Waals surface area contributed by atoms with Gasteiger partial charge in [0.25, 0.3) is 0 Å². The van der Waals surface area contributed by atoms with Gasteiger partial charge in [0.2, 0.25) is 0 Å². The quantitative estimate of drug-likeness (QED) is 0.401. The van der Waals surface area contributed by atoms with E-state index in [0.717, 1.165) is 30.3 Å². The molecule has 0 N–H and O–H groups in total. The third kappa shape index (κ3) is 8.14. The van der Waals surface area contributed by atoms with Gasteiger partial charge in [-0.2, -0.15) is 0 Å². The number of unbranched alkanes of at least 4 members (excludes halogenated alkanes) is 2. The zero-order valence-corrected chi connectivity index (χ0v) is 9.06. The fraction of sp³-hybridized carbons (Fsp3) is 1.00. The van der Waals surface area contributed by atoms with E-state index < -0.39 is 0 Å². The molecule has 0 saturated heterocycles. The van der Waals surface area contributed by atoms with Gasteiger partial charge in [0.15, 0.2) is 0 Å². The fourth-order valence-corrected chi connectivity index (χ4v) is 1.06. The minimum atomic E-state index is 0.844. The molecule has 0 saturated carbocycles. The summed E-state index contributed by atoms with van der Waals surface area (Å²) in [5.74, 6) is 0. The van der Waals surface area contributed by atoms with Crippen LogP contribution in [0.2, 0.25) is 0 Å². The molecule has 0 heterocycles. The van der Waals surface area contributed by atoms with Gasteiger partial charge in [-0.1, -0.05) is 0 Å². The fourth-order valence-electron chi connectivity index (χ4n) is 0.772. The molecule has 10 heavy (non-hydrogen) atoms. The van der Waals surface area contributed by atoms with E-state index in [9.17, 15) is 0 Å². The Hall–Kier alpha value is 0.137. The summed E-state index contributed by atoms with van der Waals surface area (Å²) in [4.78, 5) is 0. The SMILES string of the molecule is CCOCCCCCO[SiH3]. The first kappa shape index (κ1) is 10.1. The highest BCUT2D eigenvalue weighted by Gasteiger charge is 1.87. The highest BCUT2D eigenvalue weighted by Crippen LogP contribution is 1.95. The van der Waals surface area contributed by atoms with Crippen molar-refractivity contribution in [1.29, 1.82) is 0 Å². The smallest absolute Gasteiger partial charge is 0.145 e. The summed E-state index contributed by atoms with van der Waals surface area (Å²) in [7, 11) is 0.878. The van der Waals surface area contributed by atoms with Crippen LogP contribution in [0.5, 0.6) is 0 Å². The molecular weight excluding hydrogens is 144 g/mol. The standard InChI is InChI=1S/C7H18O2Si/c1-2-8-6-4-3-5-7-9-10/h2-7H2,1,10H3. The Kier molecular flexibility index (Phi) is 9.26. The van der Waals surface area contributed by atoms with E-state index >= 15 is 0 Å². The molecule has 0 amide bonds. The minimum Gasteiger partial charge on any atom is -0.428 e. The van der Waals surface area contributed by atoms with Crippen LogP contribution in [0, 0.1) is 0 Å². The van der Waals surface area contributed by atoms with Crippen molar-refractivity contribution in [3.63, 3.8) is 0 Å². The van der Waals surface area contributed by atoms with Gasteiger partial charge in [0, 0.05) is 19.8 Å². The molecule has 0 aliphatic rings. The molecule has 0 radical (unpaired) electrons. The lowest BCUT2D eigenvalue weighted by atomic mass is 10.2. The van der Waals surface area contributed by atoms with E-state index in [1.165, 1.54) is 19.3 Å². The summed E-state index contributed by atoms with van der Waals surface area (Å²) in [5.41, 5.74) is 0. The van der Waals surface area contributed by atoms with Crippen molar-refractivity contribution in [3.05, 3.63) is 0 Å². The van der Waals surface area contributed by atoms with Crippen molar-refractivity contribution >= 4 is 10.5 Å². The first-order chi connectivity index (χ1) is 4.91. The molecule has 0 unspecified atom stereocenters. The highest BCUT2D eigenvalue weighted by atomic mass is 28.2. The molecule has 0 atom stereocenters. The lowest BCUT2D eigenvalue weighted by molar-refractivity contribution is 0.142. The zero-order chi connectivity index (χ0) is 7.66. The maximum Gasteiger partial charge on any atom is 0.145 e. The molecule has 0 fully saturated rings.